The van der Waals surface area contributed by atoms with Crippen LogP contribution in [0.25, 0.3) is 0 Å². The zero-order valence-electron chi connectivity index (χ0n) is 20.7. The van der Waals surface area contributed by atoms with Gasteiger partial charge in [-0.3, -0.25) is 19.7 Å². The molecule has 0 aliphatic heterocycles. The van der Waals surface area contributed by atoms with Gasteiger partial charge in [-0.1, -0.05) is 42.0 Å². The van der Waals surface area contributed by atoms with Crippen LogP contribution in [-0.4, -0.2) is 28.9 Å². The molecule has 2 N–H and O–H groups in total. The number of carbonyl (C=O) groups excluding carboxylic acids is 3. The van der Waals surface area contributed by atoms with Crippen molar-refractivity contribution in [3.05, 3.63) is 135 Å². The summed E-state index contributed by atoms with van der Waals surface area (Å²) in [6.07, 6.45) is 1.15. The maximum absolute atomic E-state index is 12.5. The first-order valence-electron chi connectivity index (χ1n) is 11.7. The molecule has 0 spiro atoms. The van der Waals surface area contributed by atoms with Gasteiger partial charge in [-0.05, 0) is 61.5 Å². The van der Waals surface area contributed by atoms with Crippen molar-refractivity contribution < 1.29 is 24.0 Å². The number of rotatable bonds is 8. The quantitative estimate of drug-likeness (QED) is 0.108. The summed E-state index contributed by atoms with van der Waals surface area (Å²) >= 11 is 0. The topological polar surface area (TPSA) is 140 Å². The van der Waals surface area contributed by atoms with Crippen LogP contribution in [0.5, 0.6) is 5.75 Å². The summed E-state index contributed by atoms with van der Waals surface area (Å²) in [5.74, 6) is -1.92. The number of hydrogen-bond acceptors (Lipinski definition) is 7. The molecule has 0 aromatic heterocycles. The lowest BCUT2D eigenvalue weighted by atomic mass is 10.1. The van der Waals surface area contributed by atoms with Crippen molar-refractivity contribution in [3.8, 4) is 5.75 Å². The Labute approximate surface area is 223 Å². The Balaban J connectivity index is 1.44. The predicted molar refractivity (Wildman–Crippen MR) is 145 cm³/mol. The van der Waals surface area contributed by atoms with Crippen molar-refractivity contribution in [2.45, 2.75) is 6.92 Å². The number of nitrogens with one attached hydrogen (secondary N) is 2. The predicted octanol–water partition coefficient (Wildman–Crippen LogP) is 5.14. The van der Waals surface area contributed by atoms with Crippen LogP contribution >= 0.6 is 0 Å². The Morgan fingerprint density at radius 2 is 1.51 bits per heavy atom. The van der Waals surface area contributed by atoms with Gasteiger partial charge >= 0.3 is 11.7 Å². The fraction of sp³-hybridized carbons (Fsp3) is 0.0345. The zero-order chi connectivity index (χ0) is 27.8. The third-order valence-corrected chi connectivity index (χ3v) is 5.48. The first kappa shape index (κ1) is 26.4. The van der Waals surface area contributed by atoms with Gasteiger partial charge in [0.25, 0.3) is 11.8 Å². The molecule has 10 heteroatoms. The standard InChI is InChI=1S/C29H22N4O6/c1-19-7-5-10-22(17-19)27(34)31-24-15-13-20(14-16-24)28(35)32-30-18-23-11-6-12-25(33(37)38)26(23)39-29(36)21-8-3-2-4-9-21/h2-18H,1H3,(H,31,34)(H,32,35)/b30-18+. The number of hydrazone groups is 1. The molecule has 4 aromatic rings. The molecule has 0 unspecified atom stereocenters. The van der Waals surface area contributed by atoms with E-state index in [2.05, 4.69) is 15.8 Å². The number of nitro benzene ring substituents is 1. The molecule has 2 amide bonds. The van der Waals surface area contributed by atoms with Gasteiger partial charge in [-0.15, -0.1) is 0 Å². The fourth-order valence-corrected chi connectivity index (χ4v) is 3.54. The van der Waals surface area contributed by atoms with Crippen molar-refractivity contribution in [2.24, 2.45) is 5.10 Å². The van der Waals surface area contributed by atoms with Crippen LogP contribution in [0.2, 0.25) is 0 Å². The molecule has 0 heterocycles. The number of nitro groups is 1. The maximum Gasteiger partial charge on any atom is 0.343 e. The third-order valence-electron chi connectivity index (χ3n) is 5.48. The van der Waals surface area contributed by atoms with Crippen LogP contribution in [-0.2, 0) is 0 Å². The lowest BCUT2D eigenvalue weighted by Crippen LogP contribution is -2.18. The number of benzene rings is 4. The monoisotopic (exact) mass is 522 g/mol. The fourth-order valence-electron chi connectivity index (χ4n) is 3.54. The van der Waals surface area contributed by atoms with Gasteiger partial charge in [0.15, 0.2) is 0 Å². The van der Waals surface area contributed by atoms with E-state index in [1.165, 1.54) is 42.5 Å². The second kappa shape index (κ2) is 12.1. The molecule has 4 rings (SSSR count). The number of ether oxygens (including phenoxy) is 1. The summed E-state index contributed by atoms with van der Waals surface area (Å²) in [4.78, 5) is 48.3. The van der Waals surface area contributed by atoms with Gasteiger partial charge in [0.2, 0.25) is 5.75 Å². The molecule has 0 radical (unpaired) electrons. The molecule has 194 valence electrons. The number of para-hydroxylation sites is 1. The number of aryl methyl sites for hydroxylation is 1. The highest BCUT2D eigenvalue weighted by Gasteiger charge is 2.22. The molecule has 4 aromatic carbocycles. The second-order valence-corrected chi connectivity index (χ2v) is 8.31. The molecule has 10 nitrogen and oxygen atoms in total. The molecule has 0 aliphatic carbocycles. The van der Waals surface area contributed by atoms with Crippen molar-refractivity contribution >= 4 is 35.4 Å². The average Bonchev–Trinajstić information content (AvgIpc) is 2.94. The van der Waals surface area contributed by atoms with E-state index < -0.39 is 22.5 Å². The minimum atomic E-state index is -0.779. The molecular weight excluding hydrogens is 500 g/mol. The van der Waals surface area contributed by atoms with Gasteiger partial charge in [-0.25, -0.2) is 10.2 Å². The van der Waals surface area contributed by atoms with E-state index in [1.54, 1.807) is 48.5 Å². The molecule has 39 heavy (non-hydrogen) atoms. The first-order chi connectivity index (χ1) is 18.8. The summed E-state index contributed by atoms with van der Waals surface area (Å²) < 4.78 is 5.33. The van der Waals surface area contributed by atoms with Gasteiger partial charge in [0.1, 0.15) is 0 Å². The Bertz CT molecular complexity index is 1570. The number of esters is 1. The summed E-state index contributed by atoms with van der Waals surface area (Å²) in [7, 11) is 0. The SMILES string of the molecule is Cc1cccc(C(=O)Nc2ccc(C(=O)N/N=C/c3cccc([N+](=O)[O-])c3OC(=O)c3ccccc3)cc2)c1. The smallest absolute Gasteiger partial charge is 0.343 e. The zero-order valence-corrected chi connectivity index (χ0v) is 20.7. The molecule has 0 fully saturated rings. The minimum Gasteiger partial charge on any atom is -0.415 e. The maximum atomic E-state index is 12.5. The first-order valence-corrected chi connectivity index (χ1v) is 11.7. The molecule has 0 saturated heterocycles. The van der Waals surface area contributed by atoms with Crippen molar-refractivity contribution in [1.82, 2.24) is 5.43 Å². The summed E-state index contributed by atoms with van der Waals surface area (Å²) in [6, 6.07) is 25.4. The largest absolute Gasteiger partial charge is 0.415 e. The Kier molecular flexibility index (Phi) is 8.17. The highest BCUT2D eigenvalue weighted by Crippen LogP contribution is 2.30. The van der Waals surface area contributed by atoms with Crippen molar-refractivity contribution in [1.29, 1.82) is 0 Å². The number of anilines is 1. The van der Waals surface area contributed by atoms with E-state index in [1.807, 2.05) is 13.0 Å². The van der Waals surface area contributed by atoms with Crippen molar-refractivity contribution in [2.75, 3.05) is 5.32 Å². The Hall–Kier alpha value is -5.64. The highest BCUT2D eigenvalue weighted by molar-refractivity contribution is 6.04. The summed E-state index contributed by atoms with van der Waals surface area (Å²) in [6.45, 7) is 1.89. The molecule has 0 bridgehead atoms. The Morgan fingerprint density at radius 3 is 2.21 bits per heavy atom. The van der Waals surface area contributed by atoms with Crippen LogP contribution in [0.1, 0.15) is 42.2 Å². The van der Waals surface area contributed by atoms with Crippen molar-refractivity contribution in [3.63, 3.8) is 0 Å². The Morgan fingerprint density at radius 1 is 0.821 bits per heavy atom. The summed E-state index contributed by atoms with van der Waals surface area (Å²) in [5.41, 5.74) is 4.47. The molecular formula is C29H22N4O6. The van der Waals surface area contributed by atoms with Gasteiger partial charge in [0.05, 0.1) is 16.7 Å². The number of hydrogen-bond donors (Lipinski definition) is 2. The average molecular weight is 523 g/mol. The van der Waals surface area contributed by atoms with E-state index in [-0.39, 0.29) is 28.3 Å². The second-order valence-electron chi connectivity index (χ2n) is 8.31. The van der Waals surface area contributed by atoms with Gasteiger partial charge < -0.3 is 10.1 Å². The van der Waals surface area contributed by atoms with E-state index in [4.69, 9.17) is 4.74 Å². The van der Waals surface area contributed by atoms with Crippen LogP contribution in [0, 0.1) is 17.0 Å². The van der Waals surface area contributed by atoms with E-state index >= 15 is 0 Å². The van der Waals surface area contributed by atoms with Crippen LogP contribution in [0.15, 0.2) is 102 Å². The minimum absolute atomic E-state index is 0.114. The van der Waals surface area contributed by atoms with Gasteiger partial charge in [-0.2, -0.15) is 5.10 Å². The van der Waals surface area contributed by atoms with Crippen LogP contribution in [0.4, 0.5) is 11.4 Å². The summed E-state index contributed by atoms with van der Waals surface area (Å²) in [5, 5.41) is 18.2. The van der Waals surface area contributed by atoms with E-state index in [0.29, 0.717) is 11.3 Å². The molecule has 0 atom stereocenters. The lowest BCUT2D eigenvalue weighted by Gasteiger charge is -2.08. The highest BCUT2D eigenvalue weighted by atomic mass is 16.6. The number of carbonyl (C=O) groups is 3. The van der Waals surface area contributed by atoms with E-state index in [9.17, 15) is 24.5 Å². The van der Waals surface area contributed by atoms with Crippen LogP contribution in [0.3, 0.4) is 0 Å². The van der Waals surface area contributed by atoms with Gasteiger partial charge in [0, 0.05) is 28.4 Å². The number of nitrogens with zero attached hydrogens (tertiary/aromatic N) is 2. The van der Waals surface area contributed by atoms with Crippen LogP contribution < -0.4 is 15.5 Å². The third kappa shape index (κ3) is 6.77. The molecule has 0 aliphatic rings. The van der Waals surface area contributed by atoms with E-state index in [0.717, 1.165) is 11.8 Å². The lowest BCUT2D eigenvalue weighted by molar-refractivity contribution is -0.385. The molecule has 0 saturated carbocycles. The number of amides is 2. The normalized spacial score (nSPS) is 10.6.